The van der Waals surface area contributed by atoms with Crippen LogP contribution < -0.4 is 0 Å². The molecular formula is C17H15ClINO2S. The minimum absolute atomic E-state index is 0.273. The molecule has 1 aromatic heterocycles. The van der Waals surface area contributed by atoms with Crippen LogP contribution in [0.1, 0.15) is 11.1 Å². The van der Waals surface area contributed by atoms with Crippen LogP contribution in [0.3, 0.4) is 0 Å². The Morgan fingerprint density at radius 1 is 1.13 bits per heavy atom. The minimum Gasteiger partial charge on any atom is -0.345 e. The van der Waals surface area contributed by atoms with Crippen molar-refractivity contribution in [3.63, 3.8) is 0 Å². The topological polar surface area (TPSA) is 49.9 Å². The van der Waals surface area contributed by atoms with Gasteiger partial charge in [-0.05, 0) is 43.2 Å². The Labute approximate surface area is 154 Å². The van der Waals surface area contributed by atoms with Crippen molar-refractivity contribution in [1.82, 2.24) is 4.98 Å². The third-order valence-electron chi connectivity index (χ3n) is 3.77. The van der Waals surface area contributed by atoms with Gasteiger partial charge in [0.25, 0.3) is 0 Å². The summed E-state index contributed by atoms with van der Waals surface area (Å²) in [6.45, 7) is 1.93. The van der Waals surface area contributed by atoms with Crippen LogP contribution in [0.5, 0.6) is 0 Å². The van der Waals surface area contributed by atoms with Crippen LogP contribution in [0.2, 0.25) is 5.02 Å². The van der Waals surface area contributed by atoms with Gasteiger partial charge in [0.15, 0.2) is 0 Å². The van der Waals surface area contributed by atoms with E-state index in [1.165, 1.54) is 0 Å². The number of aromatic amines is 1. The molecule has 6 heteroatoms. The van der Waals surface area contributed by atoms with Gasteiger partial charge < -0.3 is 4.98 Å². The monoisotopic (exact) mass is 459 g/mol. The first-order valence-electron chi connectivity index (χ1n) is 7.11. The fourth-order valence-corrected chi connectivity index (χ4v) is 4.83. The van der Waals surface area contributed by atoms with Crippen LogP contribution in [0.4, 0.5) is 0 Å². The van der Waals surface area contributed by atoms with Crippen LogP contribution in [0.25, 0.3) is 10.9 Å². The molecule has 0 unspecified atom stereocenters. The number of alkyl halides is 1. The zero-order chi connectivity index (χ0) is 16.6. The van der Waals surface area contributed by atoms with Gasteiger partial charge in [-0.15, -0.1) is 0 Å². The largest absolute Gasteiger partial charge is 0.345 e. The predicted molar refractivity (Wildman–Crippen MR) is 103 cm³/mol. The zero-order valence-electron chi connectivity index (χ0n) is 12.4. The number of aromatic nitrogens is 1. The lowest BCUT2D eigenvalue weighted by molar-refractivity contribution is 0.592. The fourth-order valence-electron chi connectivity index (χ4n) is 2.61. The summed E-state index contributed by atoms with van der Waals surface area (Å²) in [6, 6.07) is 12.4. The van der Waals surface area contributed by atoms with Crippen molar-refractivity contribution >= 4 is 54.9 Å². The molecule has 0 amide bonds. The number of sulfone groups is 1. The number of halogens is 2. The second-order valence-electron chi connectivity index (χ2n) is 5.38. The Hall–Kier alpha value is -1.05. The number of H-pyrrole nitrogens is 1. The van der Waals surface area contributed by atoms with E-state index in [9.17, 15) is 8.42 Å². The lowest BCUT2D eigenvalue weighted by Crippen LogP contribution is -2.06. The summed E-state index contributed by atoms with van der Waals surface area (Å²) in [4.78, 5) is 3.37. The summed E-state index contributed by atoms with van der Waals surface area (Å²) in [5.74, 6) is 0. The highest BCUT2D eigenvalue weighted by molar-refractivity contribution is 14.1. The van der Waals surface area contributed by atoms with Crippen molar-refractivity contribution in [1.29, 1.82) is 0 Å². The normalized spacial score (nSPS) is 12.0. The third-order valence-corrected chi connectivity index (χ3v) is 6.33. The van der Waals surface area contributed by atoms with E-state index in [1.807, 2.05) is 25.1 Å². The summed E-state index contributed by atoms with van der Waals surface area (Å²) < 4.78 is 26.9. The van der Waals surface area contributed by atoms with Crippen LogP contribution in [0.15, 0.2) is 52.4 Å². The molecule has 1 heterocycles. The molecule has 3 rings (SSSR count). The van der Waals surface area contributed by atoms with E-state index in [-0.39, 0.29) is 5.03 Å². The van der Waals surface area contributed by atoms with Gasteiger partial charge in [0.2, 0.25) is 9.84 Å². The number of hydrogen-bond acceptors (Lipinski definition) is 2. The van der Waals surface area contributed by atoms with Crippen molar-refractivity contribution < 1.29 is 8.42 Å². The van der Waals surface area contributed by atoms with Crippen LogP contribution in [-0.2, 0) is 16.3 Å². The van der Waals surface area contributed by atoms with Gasteiger partial charge >= 0.3 is 0 Å². The quantitative estimate of drug-likeness (QED) is 0.444. The van der Waals surface area contributed by atoms with Crippen LogP contribution >= 0.6 is 34.2 Å². The average Bonchev–Trinajstić information content (AvgIpc) is 2.87. The molecular weight excluding hydrogens is 445 g/mol. The van der Waals surface area contributed by atoms with E-state index in [4.69, 9.17) is 11.6 Å². The number of benzene rings is 2. The second kappa shape index (κ2) is 6.45. The second-order valence-corrected chi connectivity index (χ2v) is 8.78. The molecule has 0 aliphatic heterocycles. The Balaban J connectivity index is 2.25. The maximum atomic E-state index is 13.0. The minimum atomic E-state index is -3.59. The van der Waals surface area contributed by atoms with E-state index >= 15 is 0 Å². The molecule has 3 nitrogen and oxygen atoms in total. The van der Waals surface area contributed by atoms with Crippen molar-refractivity contribution in [3.05, 3.63) is 58.6 Å². The van der Waals surface area contributed by atoms with Gasteiger partial charge in [0.1, 0.15) is 5.03 Å². The first-order chi connectivity index (χ1) is 10.9. The Morgan fingerprint density at radius 2 is 1.83 bits per heavy atom. The van der Waals surface area contributed by atoms with Gasteiger partial charge in [-0.25, -0.2) is 8.42 Å². The van der Waals surface area contributed by atoms with Gasteiger partial charge in [0.05, 0.1) is 4.90 Å². The van der Waals surface area contributed by atoms with Crippen LogP contribution in [0, 0.1) is 6.92 Å². The first kappa shape index (κ1) is 16.8. The standard InChI is InChI=1S/C17H15ClINO2S/c1-11-2-5-13(6-3-11)23(21,22)17-15(8-9-19)14-7-4-12(18)10-16(14)20-17/h2-7,10,20H,8-9H2,1H3. The molecule has 0 radical (unpaired) electrons. The molecule has 3 aromatic rings. The Kier molecular flexibility index (Phi) is 4.71. The molecule has 1 N–H and O–H groups in total. The van der Waals surface area contributed by atoms with Gasteiger partial charge in [0, 0.05) is 20.4 Å². The lowest BCUT2D eigenvalue weighted by Gasteiger charge is -2.06. The highest BCUT2D eigenvalue weighted by atomic mass is 127. The number of aryl methyl sites for hydroxylation is 2. The van der Waals surface area contributed by atoms with Crippen molar-refractivity contribution in [3.8, 4) is 0 Å². The molecule has 0 bridgehead atoms. The van der Waals surface area contributed by atoms with E-state index < -0.39 is 9.84 Å². The third kappa shape index (κ3) is 3.14. The van der Waals surface area contributed by atoms with Crippen molar-refractivity contribution in [2.75, 3.05) is 4.43 Å². The maximum absolute atomic E-state index is 13.0. The van der Waals surface area contributed by atoms with E-state index in [1.54, 1.807) is 24.3 Å². The van der Waals surface area contributed by atoms with Crippen molar-refractivity contribution in [2.24, 2.45) is 0 Å². The van der Waals surface area contributed by atoms with Gasteiger partial charge in [-0.1, -0.05) is 58.0 Å². The molecule has 0 fully saturated rings. The summed E-state index contributed by atoms with van der Waals surface area (Å²) >= 11 is 8.29. The number of fused-ring (bicyclic) bond motifs is 1. The molecule has 0 atom stereocenters. The van der Waals surface area contributed by atoms with Crippen LogP contribution in [-0.4, -0.2) is 17.8 Å². The molecule has 2 aromatic carbocycles. The lowest BCUT2D eigenvalue weighted by atomic mass is 10.1. The van der Waals surface area contributed by atoms with Gasteiger partial charge in [-0.3, -0.25) is 0 Å². The summed E-state index contributed by atoms with van der Waals surface area (Å²) in [5.41, 5.74) is 2.61. The fraction of sp³-hybridized carbons (Fsp3) is 0.176. The zero-order valence-corrected chi connectivity index (χ0v) is 16.2. The number of nitrogens with one attached hydrogen (secondary N) is 1. The summed E-state index contributed by atoms with van der Waals surface area (Å²) in [5, 5.41) is 1.77. The van der Waals surface area contributed by atoms with Gasteiger partial charge in [-0.2, -0.15) is 0 Å². The number of rotatable bonds is 4. The number of hydrogen-bond donors (Lipinski definition) is 1. The Bertz CT molecular complexity index is 962. The molecule has 120 valence electrons. The highest BCUT2D eigenvalue weighted by Gasteiger charge is 2.25. The average molecular weight is 460 g/mol. The van der Waals surface area contributed by atoms with E-state index in [0.717, 1.165) is 26.5 Å². The van der Waals surface area contributed by atoms with E-state index in [2.05, 4.69) is 27.6 Å². The molecule has 0 aliphatic carbocycles. The molecule has 0 aliphatic rings. The summed E-state index contributed by atoms with van der Waals surface area (Å²) in [6.07, 6.45) is 0.683. The SMILES string of the molecule is Cc1ccc(S(=O)(=O)c2[nH]c3cc(Cl)ccc3c2CCI)cc1. The molecule has 0 saturated carbocycles. The Morgan fingerprint density at radius 3 is 2.48 bits per heavy atom. The maximum Gasteiger partial charge on any atom is 0.222 e. The van der Waals surface area contributed by atoms with Crippen molar-refractivity contribution in [2.45, 2.75) is 23.3 Å². The predicted octanol–water partition coefficient (Wildman–Crippen LogP) is 4.94. The molecule has 0 spiro atoms. The molecule has 0 saturated heterocycles. The first-order valence-corrected chi connectivity index (χ1v) is 10.5. The highest BCUT2D eigenvalue weighted by Crippen LogP contribution is 2.32. The molecule has 23 heavy (non-hydrogen) atoms. The smallest absolute Gasteiger partial charge is 0.222 e. The van der Waals surface area contributed by atoms with E-state index in [0.29, 0.717) is 16.3 Å². The summed E-state index contributed by atoms with van der Waals surface area (Å²) in [7, 11) is -3.59.